The van der Waals surface area contributed by atoms with Gasteiger partial charge in [-0.25, -0.2) is 17.5 Å². The molecule has 208 valence electrons. The van der Waals surface area contributed by atoms with Crippen LogP contribution in [0.25, 0.3) is 0 Å². The first-order valence-corrected chi connectivity index (χ1v) is 14.6. The molecule has 0 spiro atoms. The summed E-state index contributed by atoms with van der Waals surface area (Å²) in [7, 11) is -3.84. The molecule has 1 N–H and O–H groups in total. The lowest BCUT2D eigenvalue weighted by Crippen LogP contribution is -2.37. The van der Waals surface area contributed by atoms with E-state index in [0.29, 0.717) is 36.6 Å². The topological polar surface area (TPSA) is 75.7 Å². The first-order valence-electron chi connectivity index (χ1n) is 12.3. The van der Waals surface area contributed by atoms with Gasteiger partial charge in [0.05, 0.1) is 24.0 Å². The number of amides is 1. The number of rotatable bonds is 8. The lowest BCUT2D eigenvalue weighted by Gasteiger charge is -2.36. The second kappa shape index (κ2) is 11.0. The molecule has 2 aromatic carbocycles. The third-order valence-corrected chi connectivity index (χ3v) is 7.82. The minimum atomic E-state index is -4.47. The molecule has 12 heteroatoms. The van der Waals surface area contributed by atoms with Gasteiger partial charge < -0.3 is 4.74 Å². The van der Waals surface area contributed by atoms with Gasteiger partial charge in [-0.05, 0) is 92.9 Å². The molecular weight excluding hydrogens is 548 g/mol. The van der Waals surface area contributed by atoms with Crippen LogP contribution in [0.15, 0.2) is 30.3 Å². The van der Waals surface area contributed by atoms with E-state index in [9.17, 15) is 30.8 Å². The summed E-state index contributed by atoms with van der Waals surface area (Å²) < 4.78 is 84.9. The molecule has 2 aliphatic rings. The molecule has 38 heavy (non-hydrogen) atoms. The average molecular weight is 577 g/mol. The lowest BCUT2D eigenvalue weighted by atomic mass is 9.94. The summed E-state index contributed by atoms with van der Waals surface area (Å²) in [6, 6.07) is 5.87. The number of carbonyl (C=O) groups is 1. The number of carbonyl (C=O) groups excluding carboxylic acids is 1. The summed E-state index contributed by atoms with van der Waals surface area (Å²) in [5, 5.41) is 0.0449. The van der Waals surface area contributed by atoms with Gasteiger partial charge in [0.25, 0.3) is 5.91 Å². The first kappa shape index (κ1) is 28.6. The summed E-state index contributed by atoms with van der Waals surface area (Å²) in [6.45, 7) is 3.48. The van der Waals surface area contributed by atoms with Crippen molar-refractivity contribution in [2.45, 2.75) is 50.7 Å². The third kappa shape index (κ3) is 7.18. The molecule has 6 nitrogen and oxygen atoms in total. The molecular formula is C26H29ClF4N2O4S. The van der Waals surface area contributed by atoms with E-state index >= 15 is 0 Å². The van der Waals surface area contributed by atoms with Crippen LogP contribution in [-0.4, -0.2) is 45.2 Å². The van der Waals surface area contributed by atoms with Crippen LogP contribution in [-0.2, 0) is 16.2 Å². The maximum absolute atomic E-state index is 14.7. The molecule has 0 radical (unpaired) electrons. The standard InChI is InChI=1S/C26H29ClF4N2O4S/c1-15(18-9-19(26(29,30)31)11-20(27)10-18)33-7-5-16(6-8-33)14-37-24-13-23(28)22(12-21(24)17-3-4-17)25(34)32-38(2,35)36/h9-13,15-17H,3-8,14H2,1-2H3,(H,32,34)/t15-/m0/s1. The molecule has 1 aliphatic heterocycles. The Bertz CT molecular complexity index is 1310. The molecule has 1 aliphatic carbocycles. The Morgan fingerprint density at radius 3 is 2.37 bits per heavy atom. The largest absolute Gasteiger partial charge is 0.493 e. The molecule has 1 atom stereocenters. The number of likely N-dealkylation sites (tertiary alicyclic amines) is 1. The quantitative estimate of drug-likeness (QED) is 0.395. The average Bonchev–Trinajstić information content (AvgIpc) is 3.66. The van der Waals surface area contributed by atoms with Crippen LogP contribution in [0, 0.1) is 11.7 Å². The summed E-state index contributed by atoms with van der Waals surface area (Å²) in [5.41, 5.74) is 0.0666. The van der Waals surface area contributed by atoms with E-state index in [4.69, 9.17) is 16.3 Å². The SMILES string of the molecule is C[C@@H](c1cc(Cl)cc(C(F)(F)F)c1)N1CCC(COc2cc(F)c(C(=O)NS(C)(=O)=O)cc2C2CC2)CC1. The Hall–Kier alpha value is -2.37. The number of piperidine rings is 1. The van der Waals surface area contributed by atoms with E-state index in [2.05, 4.69) is 4.90 Å². The minimum absolute atomic E-state index is 0.0449. The fraction of sp³-hybridized carbons (Fsp3) is 0.500. The maximum atomic E-state index is 14.7. The molecule has 0 unspecified atom stereocenters. The highest BCUT2D eigenvalue weighted by Crippen LogP contribution is 2.45. The summed E-state index contributed by atoms with van der Waals surface area (Å²) in [5.74, 6) is -1.27. The van der Waals surface area contributed by atoms with E-state index in [0.717, 1.165) is 50.1 Å². The van der Waals surface area contributed by atoms with Crippen molar-refractivity contribution in [2.24, 2.45) is 5.92 Å². The van der Waals surface area contributed by atoms with Gasteiger partial charge in [0, 0.05) is 17.1 Å². The van der Waals surface area contributed by atoms with Crippen LogP contribution in [0.3, 0.4) is 0 Å². The number of sulfonamides is 1. The monoisotopic (exact) mass is 576 g/mol. The second-order valence-corrected chi connectivity index (χ2v) is 12.3. The van der Waals surface area contributed by atoms with Gasteiger partial charge in [-0.2, -0.15) is 13.2 Å². The highest BCUT2D eigenvalue weighted by atomic mass is 35.5. The molecule has 0 aromatic heterocycles. The molecule has 4 rings (SSSR count). The van der Waals surface area contributed by atoms with Gasteiger partial charge in [0.2, 0.25) is 10.0 Å². The zero-order valence-electron chi connectivity index (χ0n) is 20.9. The Kier molecular flexibility index (Phi) is 8.30. The van der Waals surface area contributed by atoms with E-state index in [1.807, 2.05) is 6.92 Å². The number of ether oxygens (including phenoxy) is 1. The van der Waals surface area contributed by atoms with Gasteiger partial charge in [0.15, 0.2) is 0 Å². The number of hydrogen-bond acceptors (Lipinski definition) is 5. The van der Waals surface area contributed by atoms with Crippen molar-refractivity contribution in [3.8, 4) is 5.75 Å². The zero-order chi connectivity index (χ0) is 27.8. The Morgan fingerprint density at radius 1 is 1.13 bits per heavy atom. The molecule has 1 heterocycles. The van der Waals surface area contributed by atoms with Crippen molar-refractivity contribution >= 4 is 27.5 Å². The normalized spacial score (nSPS) is 18.3. The van der Waals surface area contributed by atoms with Crippen LogP contribution < -0.4 is 9.46 Å². The molecule has 1 saturated carbocycles. The first-order chi connectivity index (χ1) is 17.7. The van der Waals surface area contributed by atoms with E-state index < -0.39 is 33.5 Å². The van der Waals surface area contributed by atoms with Gasteiger partial charge in [-0.15, -0.1) is 0 Å². The van der Waals surface area contributed by atoms with Crippen molar-refractivity contribution in [3.05, 3.63) is 63.4 Å². The molecule has 2 fully saturated rings. The summed E-state index contributed by atoms with van der Waals surface area (Å²) in [6.07, 6.45) is -0.433. The Labute approximate surface area is 224 Å². The Balaban J connectivity index is 1.38. The molecule has 0 bridgehead atoms. The number of nitrogens with one attached hydrogen (secondary N) is 1. The summed E-state index contributed by atoms with van der Waals surface area (Å²) >= 11 is 5.96. The number of benzene rings is 2. The number of alkyl halides is 3. The fourth-order valence-corrected chi connectivity index (χ4v) is 5.44. The fourth-order valence-electron chi connectivity index (χ4n) is 4.75. The van der Waals surface area contributed by atoms with Crippen LogP contribution >= 0.6 is 11.6 Å². The van der Waals surface area contributed by atoms with Crippen molar-refractivity contribution < 1.29 is 35.5 Å². The highest BCUT2D eigenvalue weighted by Gasteiger charge is 2.33. The van der Waals surface area contributed by atoms with Crippen LogP contribution in [0.2, 0.25) is 5.02 Å². The van der Waals surface area contributed by atoms with Crippen molar-refractivity contribution in [1.82, 2.24) is 9.62 Å². The predicted molar refractivity (Wildman–Crippen MR) is 135 cm³/mol. The minimum Gasteiger partial charge on any atom is -0.493 e. The summed E-state index contributed by atoms with van der Waals surface area (Å²) in [4.78, 5) is 14.3. The van der Waals surface area contributed by atoms with Crippen LogP contribution in [0.4, 0.5) is 17.6 Å². The third-order valence-electron chi connectivity index (χ3n) is 7.04. The predicted octanol–water partition coefficient (Wildman–Crippen LogP) is 5.92. The van der Waals surface area contributed by atoms with Crippen LogP contribution in [0.1, 0.15) is 71.6 Å². The number of hydrogen-bond donors (Lipinski definition) is 1. The van der Waals surface area contributed by atoms with Gasteiger partial charge >= 0.3 is 6.18 Å². The lowest BCUT2D eigenvalue weighted by molar-refractivity contribution is -0.137. The smallest absolute Gasteiger partial charge is 0.416 e. The van der Waals surface area contributed by atoms with Crippen molar-refractivity contribution in [2.75, 3.05) is 26.0 Å². The maximum Gasteiger partial charge on any atom is 0.416 e. The van der Waals surface area contributed by atoms with Gasteiger partial charge in [-0.1, -0.05) is 11.6 Å². The van der Waals surface area contributed by atoms with Crippen molar-refractivity contribution in [3.63, 3.8) is 0 Å². The molecule has 1 amide bonds. The van der Waals surface area contributed by atoms with Gasteiger partial charge in [0.1, 0.15) is 11.6 Å². The van der Waals surface area contributed by atoms with Crippen LogP contribution in [0.5, 0.6) is 5.75 Å². The number of nitrogens with zero attached hydrogens (tertiary/aromatic N) is 1. The second-order valence-electron chi connectivity index (χ2n) is 10.1. The Morgan fingerprint density at radius 2 is 1.79 bits per heavy atom. The molecule has 1 saturated heterocycles. The zero-order valence-corrected chi connectivity index (χ0v) is 22.5. The number of halogens is 5. The molecule has 2 aromatic rings. The van der Waals surface area contributed by atoms with E-state index in [1.54, 1.807) is 10.8 Å². The van der Waals surface area contributed by atoms with Gasteiger partial charge in [-0.3, -0.25) is 9.69 Å². The van der Waals surface area contributed by atoms with E-state index in [1.165, 1.54) is 6.07 Å². The highest BCUT2D eigenvalue weighted by molar-refractivity contribution is 7.89. The van der Waals surface area contributed by atoms with E-state index in [-0.39, 0.29) is 28.5 Å². The van der Waals surface area contributed by atoms with Crippen molar-refractivity contribution in [1.29, 1.82) is 0 Å².